The summed E-state index contributed by atoms with van der Waals surface area (Å²) in [5.41, 5.74) is -1.45. The Hall–Kier alpha value is 1.42. The molecule has 3 rings (SSSR count). The number of nitrogens with zero attached hydrogens (tertiary/aromatic N) is 2. The van der Waals surface area contributed by atoms with Gasteiger partial charge in [0.25, 0.3) is 0 Å². The molecule has 22 heteroatoms. The Balaban J connectivity index is 0. The van der Waals surface area contributed by atoms with Crippen molar-refractivity contribution in [2.24, 2.45) is 0 Å². The molecule has 184 valence electrons. The van der Waals surface area contributed by atoms with Crippen molar-refractivity contribution in [2.45, 2.75) is 9.79 Å². The van der Waals surface area contributed by atoms with E-state index in [0.717, 1.165) is 36.4 Å². The first-order valence-corrected chi connectivity index (χ1v) is 14.6. The van der Waals surface area contributed by atoms with Crippen molar-refractivity contribution >= 4 is 51.8 Å². The molecule has 2 aromatic carbocycles. The summed E-state index contributed by atoms with van der Waals surface area (Å²) in [6.45, 7) is 0. The molecule has 0 N–H and O–H groups in total. The van der Waals surface area contributed by atoms with Crippen LogP contribution in [0.5, 0.6) is 0 Å². The third-order valence-electron chi connectivity index (χ3n) is 4.32. The van der Waals surface area contributed by atoms with Crippen LogP contribution in [0.25, 0.3) is 9.44 Å². The van der Waals surface area contributed by atoms with Crippen molar-refractivity contribution in [1.82, 2.24) is 0 Å². The molecule has 0 aromatic heterocycles. The molecule has 0 saturated heterocycles. The number of benzene rings is 2. The summed E-state index contributed by atoms with van der Waals surface area (Å²) in [7, 11) is -19.3. The SMILES string of the molecule is O=C1c2ccc(S(=O)(=O)[N-]CS(=O)(=O)[O-])cc2C(=O)c2ccc(S(=O)(=O)[N-]CS(=O)(=O)[O-])cc21.[Na+].[Na+].[Na+].[Na+]. The Morgan fingerprint density at radius 2 is 0.816 bits per heavy atom. The topological polar surface area (TPSA) is 245 Å². The van der Waals surface area contributed by atoms with E-state index in [1.807, 2.05) is 0 Å². The van der Waals surface area contributed by atoms with Gasteiger partial charge in [0.15, 0.2) is 11.6 Å². The average molecular weight is 642 g/mol. The van der Waals surface area contributed by atoms with Crippen molar-refractivity contribution in [1.29, 1.82) is 0 Å². The van der Waals surface area contributed by atoms with Gasteiger partial charge in [-0.3, -0.25) is 9.59 Å². The van der Waals surface area contributed by atoms with Gasteiger partial charge in [-0.2, -0.15) is 0 Å². The summed E-state index contributed by atoms with van der Waals surface area (Å²) in [4.78, 5) is 24.4. The molecule has 0 aliphatic heterocycles. The van der Waals surface area contributed by atoms with Crippen molar-refractivity contribution in [2.75, 3.05) is 11.8 Å². The number of sulfonamides is 2. The fourth-order valence-corrected chi connectivity index (χ4v) is 6.30. The van der Waals surface area contributed by atoms with Gasteiger partial charge in [-0.05, 0) is 48.2 Å². The molecular formula is C16H10N2Na4O12S4. The van der Waals surface area contributed by atoms with E-state index in [1.165, 1.54) is 0 Å². The van der Waals surface area contributed by atoms with Crippen LogP contribution in [0.1, 0.15) is 31.8 Å². The van der Waals surface area contributed by atoms with Crippen LogP contribution in [-0.4, -0.2) is 66.1 Å². The van der Waals surface area contributed by atoms with E-state index in [0.29, 0.717) is 0 Å². The second kappa shape index (κ2) is 15.2. The Morgan fingerprint density at radius 1 is 0.526 bits per heavy atom. The van der Waals surface area contributed by atoms with Crippen LogP contribution in [-0.2, 0) is 40.3 Å². The second-order valence-corrected chi connectivity index (χ2v) is 12.8. The number of carbonyl (C=O) groups excluding carboxylic acids is 2. The largest absolute Gasteiger partial charge is 1.00 e. The minimum absolute atomic E-state index is 0. The number of ketones is 2. The van der Waals surface area contributed by atoms with E-state index < -0.39 is 84.5 Å². The Kier molecular flexibility index (Phi) is 16.7. The molecular weight excluding hydrogens is 632 g/mol. The van der Waals surface area contributed by atoms with Crippen LogP contribution in [0.2, 0.25) is 0 Å². The molecule has 0 atom stereocenters. The molecule has 38 heavy (non-hydrogen) atoms. The molecule has 0 saturated carbocycles. The summed E-state index contributed by atoms with van der Waals surface area (Å²) in [5, 5.41) is 0. The summed E-state index contributed by atoms with van der Waals surface area (Å²) >= 11 is 0. The van der Waals surface area contributed by atoms with E-state index >= 15 is 0 Å². The minimum Gasteiger partial charge on any atom is -0.749 e. The average Bonchev–Trinajstić information content (AvgIpc) is 2.73. The molecule has 0 radical (unpaired) electrons. The monoisotopic (exact) mass is 642 g/mol. The molecule has 0 unspecified atom stereocenters. The zero-order valence-electron chi connectivity index (χ0n) is 20.3. The maximum Gasteiger partial charge on any atom is 1.00 e. The van der Waals surface area contributed by atoms with Gasteiger partial charge in [-0.15, -0.1) is 0 Å². The van der Waals surface area contributed by atoms with Gasteiger partial charge in [0.1, 0.15) is 20.0 Å². The molecule has 0 amide bonds. The predicted octanol–water partition coefficient (Wildman–Crippen LogP) is -12.4. The zero-order chi connectivity index (χ0) is 25.7. The molecule has 0 heterocycles. The van der Waals surface area contributed by atoms with Crippen LogP contribution >= 0.6 is 0 Å². The first-order valence-electron chi connectivity index (χ1n) is 8.53. The summed E-state index contributed by atoms with van der Waals surface area (Å²) in [6.07, 6.45) is 0. The fraction of sp³-hybridized carbons (Fsp3) is 0.125. The maximum atomic E-state index is 12.9. The van der Waals surface area contributed by atoms with Crippen molar-refractivity contribution in [3.05, 3.63) is 68.1 Å². The maximum absolute atomic E-state index is 12.9. The van der Waals surface area contributed by atoms with Gasteiger partial charge in [-0.1, -0.05) is 0 Å². The Bertz CT molecular complexity index is 1550. The van der Waals surface area contributed by atoms with Gasteiger partial charge in [0, 0.05) is 32.0 Å². The number of hydrogen-bond donors (Lipinski definition) is 0. The van der Waals surface area contributed by atoms with Gasteiger partial charge in [-0.25, -0.2) is 33.7 Å². The van der Waals surface area contributed by atoms with Gasteiger partial charge in [0.05, 0.1) is 20.2 Å². The third-order valence-corrected chi connectivity index (χ3v) is 8.17. The molecule has 1 aliphatic rings. The van der Waals surface area contributed by atoms with Crippen LogP contribution in [0.4, 0.5) is 0 Å². The Morgan fingerprint density at radius 3 is 1.08 bits per heavy atom. The fourth-order valence-electron chi connectivity index (χ4n) is 2.85. The molecule has 0 spiro atoms. The van der Waals surface area contributed by atoms with E-state index in [-0.39, 0.29) is 129 Å². The number of rotatable bonds is 8. The summed E-state index contributed by atoms with van der Waals surface area (Å²) < 4.78 is 118. The predicted molar refractivity (Wildman–Crippen MR) is 110 cm³/mol. The minimum atomic E-state index is -5.00. The van der Waals surface area contributed by atoms with Crippen LogP contribution in [0, 0.1) is 0 Å². The molecule has 0 fully saturated rings. The van der Waals surface area contributed by atoms with Gasteiger partial charge < -0.3 is 18.5 Å². The molecule has 2 aromatic rings. The number of carbonyl (C=O) groups is 2. The van der Waals surface area contributed by atoms with Crippen molar-refractivity contribution < 1.29 is 171 Å². The van der Waals surface area contributed by atoms with Crippen LogP contribution in [0.15, 0.2) is 46.2 Å². The first kappa shape index (κ1) is 41.6. The second-order valence-electron chi connectivity index (χ2n) is 6.65. The summed E-state index contributed by atoms with van der Waals surface area (Å²) in [6, 6.07) is 5.02. The van der Waals surface area contributed by atoms with E-state index in [9.17, 15) is 52.4 Å². The van der Waals surface area contributed by atoms with E-state index in [1.54, 1.807) is 0 Å². The normalized spacial score (nSPS) is 13.0. The van der Waals surface area contributed by atoms with Crippen LogP contribution < -0.4 is 118 Å². The van der Waals surface area contributed by atoms with E-state index in [4.69, 9.17) is 0 Å². The quantitative estimate of drug-likeness (QED) is 0.164. The number of hydrogen-bond acceptors (Lipinski definition) is 12. The van der Waals surface area contributed by atoms with E-state index in [2.05, 4.69) is 9.44 Å². The van der Waals surface area contributed by atoms with Gasteiger partial charge in [0.2, 0.25) is 0 Å². The summed E-state index contributed by atoms with van der Waals surface area (Å²) in [5.74, 6) is -4.92. The zero-order valence-corrected chi connectivity index (χ0v) is 31.6. The third kappa shape index (κ3) is 10.3. The van der Waals surface area contributed by atoms with Crippen molar-refractivity contribution in [3.63, 3.8) is 0 Å². The smallest absolute Gasteiger partial charge is 0.749 e. The number of fused-ring (bicyclic) bond motifs is 2. The molecule has 1 aliphatic carbocycles. The van der Waals surface area contributed by atoms with Crippen LogP contribution in [0.3, 0.4) is 0 Å². The van der Waals surface area contributed by atoms with Gasteiger partial charge >= 0.3 is 118 Å². The van der Waals surface area contributed by atoms with Crippen molar-refractivity contribution in [3.8, 4) is 0 Å². The first-order chi connectivity index (χ1) is 15.4. The Labute approximate surface area is 307 Å². The molecule has 0 bridgehead atoms. The molecule has 14 nitrogen and oxygen atoms in total. The standard InChI is InChI=1S/C16H12N2O12S4.4Na/c19-15-11-3-1-9(33(27,28)17-7-31(21,22)23)5-13(11)16(20)12-4-2-10(6-14(12)15)34(29,30)18-8-32(24,25)26;;;;/h1-6H,7-8H2,(H,21,22,23)(H,24,25,26);;;;/q-2;4*+1/p-2.